The molecule has 8 nitrogen and oxygen atoms in total. The first-order valence-corrected chi connectivity index (χ1v) is 12.7. The highest BCUT2D eigenvalue weighted by atomic mass is 32.1. The number of benzene rings is 1. The zero-order valence-electron chi connectivity index (χ0n) is 19.7. The number of carbonyl (C=O) groups excluding carboxylic acids is 2. The van der Waals surface area contributed by atoms with Gasteiger partial charge in [0, 0.05) is 42.2 Å². The number of aromatic amines is 1. The van der Waals surface area contributed by atoms with Gasteiger partial charge in [0.15, 0.2) is 0 Å². The molecule has 1 aromatic carbocycles. The summed E-state index contributed by atoms with van der Waals surface area (Å²) in [5.74, 6) is -0.331. The van der Waals surface area contributed by atoms with Crippen molar-refractivity contribution < 1.29 is 14.3 Å². The Balaban J connectivity index is 1.44. The van der Waals surface area contributed by atoms with Gasteiger partial charge in [0.1, 0.15) is 10.5 Å². The van der Waals surface area contributed by atoms with Gasteiger partial charge in [-0.25, -0.2) is 0 Å². The molecule has 2 N–H and O–H groups in total. The topological polar surface area (TPSA) is 92.2 Å². The zero-order valence-corrected chi connectivity index (χ0v) is 20.5. The predicted octanol–water partition coefficient (Wildman–Crippen LogP) is 3.50. The fourth-order valence-corrected chi connectivity index (χ4v) is 6.27. The molecule has 0 bridgehead atoms. The lowest BCUT2D eigenvalue weighted by atomic mass is 9.91. The summed E-state index contributed by atoms with van der Waals surface area (Å²) in [5, 5.41) is 11.3. The van der Waals surface area contributed by atoms with Crippen molar-refractivity contribution in [2.75, 3.05) is 27.3 Å². The maximum Gasteiger partial charge on any atom is 0.261 e. The van der Waals surface area contributed by atoms with Crippen LogP contribution < -0.4 is 5.32 Å². The molecule has 2 aliphatic heterocycles. The fourth-order valence-electron chi connectivity index (χ4n) is 5.49. The molecule has 0 aliphatic carbocycles. The number of H-pyrrole nitrogens is 1. The molecular formula is C26H27N5O3S. The van der Waals surface area contributed by atoms with Gasteiger partial charge in [-0.15, -0.1) is 11.3 Å². The number of thiophene rings is 1. The maximum absolute atomic E-state index is 13.1. The lowest BCUT2D eigenvalue weighted by Crippen LogP contribution is -2.43. The number of rotatable bonds is 6. The molecule has 0 spiro atoms. The number of aromatic nitrogens is 3. The molecule has 2 unspecified atom stereocenters. The van der Waals surface area contributed by atoms with Gasteiger partial charge in [-0.05, 0) is 49.9 Å². The van der Waals surface area contributed by atoms with Crippen LogP contribution in [0.1, 0.15) is 24.1 Å². The Morgan fingerprint density at radius 1 is 1.14 bits per heavy atom. The Hall–Kier alpha value is -3.27. The summed E-state index contributed by atoms with van der Waals surface area (Å²) >= 11 is 1.57. The van der Waals surface area contributed by atoms with Crippen molar-refractivity contribution in [1.29, 1.82) is 0 Å². The number of methoxy groups -OCH3 is 1. The smallest absolute Gasteiger partial charge is 0.261 e. The number of nitrogens with one attached hydrogen (secondary N) is 2. The van der Waals surface area contributed by atoms with Crippen molar-refractivity contribution in [3.05, 3.63) is 53.2 Å². The molecule has 1 fully saturated rings. The molecule has 2 amide bonds. The van der Waals surface area contributed by atoms with Crippen molar-refractivity contribution in [2.45, 2.75) is 25.4 Å². The molecule has 35 heavy (non-hydrogen) atoms. The Morgan fingerprint density at radius 2 is 1.97 bits per heavy atom. The average molecular weight is 490 g/mol. The van der Waals surface area contributed by atoms with Crippen molar-refractivity contribution in [3.8, 4) is 0 Å². The summed E-state index contributed by atoms with van der Waals surface area (Å²) in [6.45, 7) is 2.48. The number of piperidine rings is 1. The van der Waals surface area contributed by atoms with Crippen LogP contribution in [0.2, 0.25) is 0 Å². The molecule has 4 aromatic rings. The lowest BCUT2D eigenvalue weighted by molar-refractivity contribution is -0.122. The second-order valence-corrected chi connectivity index (χ2v) is 10.3. The second-order valence-electron chi connectivity index (χ2n) is 9.43. The SMILES string of the molecule is COCC1CC(Cn2nc(C3=C(c4c[nH]c5sccc45)C(=O)NC3=O)c3ccccc32)CCN1C. The van der Waals surface area contributed by atoms with Gasteiger partial charge in [0.05, 0.1) is 23.3 Å². The van der Waals surface area contributed by atoms with Crippen LogP contribution in [0.5, 0.6) is 0 Å². The number of fused-ring (bicyclic) bond motifs is 2. The third-order valence-corrected chi connectivity index (χ3v) is 8.15. The number of para-hydroxylation sites is 1. The van der Waals surface area contributed by atoms with E-state index >= 15 is 0 Å². The van der Waals surface area contributed by atoms with E-state index in [4.69, 9.17) is 9.84 Å². The summed E-state index contributed by atoms with van der Waals surface area (Å²) in [7, 11) is 3.90. The van der Waals surface area contributed by atoms with E-state index in [0.29, 0.717) is 35.4 Å². The van der Waals surface area contributed by atoms with Crippen LogP contribution in [0.4, 0.5) is 0 Å². The fraction of sp³-hybridized carbons (Fsp3) is 0.346. The third-order valence-electron chi connectivity index (χ3n) is 7.31. The van der Waals surface area contributed by atoms with Crippen LogP contribution in [0, 0.1) is 5.92 Å². The minimum Gasteiger partial charge on any atom is -0.383 e. The number of ether oxygens (including phenoxy) is 1. The normalized spacial score (nSPS) is 21.5. The van der Waals surface area contributed by atoms with Crippen LogP contribution in [0.25, 0.3) is 32.3 Å². The minimum absolute atomic E-state index is 0.345. The Labute approximate surface area is 206 Å². The number of likely N-dealkylation sites (tertiary alicyclic amines) is 1. The van der Waals surface area contributed by atoms with E-state index in [1.54, 1.807) is 18.4 Å². The van der Waals surface area contributed by atoms with Crippen LogP contribution in [-0.4, -0.2) is 64.8 Å². The first-order chi connectivity index (χ1) is 17.0. The molecule has 0 radical (unpaired) electrons. The van der Waals surface area contributed by atoms with E-state index in [0.717, 1.165) is 52.6 Å². The molecule has 180 valence electrons. The van der Waals surface area contributed by atoms with Gasteiger partial charge in [0.25, 0.3) is 11.8 Å². The second kappa shape index (κ2) is 8.75. The van der Waals surface area contributed by atoms with Gasteiger partial charge in [-0.1, -0.05) is 18.2 Å². The first kappa shape index (κ1) is 22.2. The first-order valence-electron chi connectivity index (χ1n) is 11.8. The van der Waals surface area contributed by atoms with Crippen molar-refractivity contribution in [1.82, 2.24) is 25.0 Å². The maximum atomic E-state index is 13.1. The number of carbonyl (C=O) groups is 2. The lowest BCUT2D eigenvalue weighted by Gasteiger charge is -2.36. The monoisotopic (exact) mass is 489 g/mol. The van der Waals surface area contributed by atoms with Crippen LogP contribution >= 0.6 is 11.3 Å². The number of likely N-dealkylation sites (N-methyl/N-ethyl adjacent to an activating group) is 1. The van der Waals surface area contributed by atoms with E-state index in [-0.39, 0.29) is 5.91 Å². The van der Waals surface area contributed by atoms with Crippen molar-refractivity contribution >= 4 is 55.4 Å². The van der Waals surface area contributed by atoms with Crippen LogP contribution in [-0.2, 0) is 20.9 Å². The number of imide groups is 1. The van der Waals surface area contributed by atoms with E-state index in [2.05, 4.69) is 22.2 Å². The molecule has 3 aromatic heterocycles. The van der Waals surface area contributed by atoms with Gasteiger partial charge in [-0.3, -0.25) is 19.6 Å². The molecular weight excluding hydrogens is 462 g/mol. The number of hydrogen-bond donors (Lipinski definition) is 2. The Bertz CT molecular complexity index is 1480. The minimum atomic E-state index is -0.399. The molecule has 9 heteroatoms. The summed E-state index contributed by atoms with van der Waals surface area (Å²) in [5.41, 5.74) is 2.99. The quantitative estimate of drug-likeness (QED) is 0.405. The number of amides is 2. The summed E-state index contributed by atoms with van der Waals surface area (Å²) in [6.07, 6.45) is 3.91. The molecule has 0 saturated carbocycles. The highest BCUT2D eigenvalue weighted by Gasteiger charge is 2.36. The molecule has 6 rings (SSSR count). The highest BCUT2D eigenvalue weighted by Crippen LogP contribution is 2.38. The number of nitrogens with zero attached hydrogens (tertiary/aromatic N) is 3. The van der Waals surface area contributed by atoms with Gasteiger partial charge in [-0.2, -0.15) is 5.10 Å². The standard InChI is InChI=1S/C26H27N5O3S/c1-30-9-7-15(11-16(30)14-34-2)13-31-20-6-4-3-5-18(20)23(29-31)22-21(24(32)28-25(22)33)19-12-27-26-17(19)8-10-35-26/h3-6,8,10,12,15-16,27H,7,9,11,13-14H2,1-2H3,(H,28,32,33). The van der Waals surface area contributed by atoms with Gasteiger partial charge >= 0.3 is 0 Å². The van der Waals surface area contributed by atoms with E-state index in [1.165, 1.54) is 0 Å². The summed E-state index contributed by atoms with van der Waals surface area (Å²) < 4.78 is 7.45. The van der Waals surface area contributed by atoms with E-state index in [9.17, 15) is 9.59 Å². The largest absolute Gasteiger partial charge is 0.383 e. The van der Waals surface area contributed by atoms with E-state index < -0.39 is 5.91 Å². The van der Waals surface area contributed by atoms with Gasteiger partial charge in [0.2, 0.25) is 0 Å². The van der Waals surface area contributed by atoms with Gasteiger partial charge < -0.3 is 14.6 Å². The summed E-state index contributed by atoms with van der Waals surface area (Å²) in [6, 6.07) is 10.3. The Kier molecular flexibility index (Phi) is 5.55. The molecule has 2 aliphatic rings. The highest BCUT2D eigenvalue weighted by molar-refractivity contribution is 7.16. The molecule has 2 atom stereocenters. The predicted molar refractivity (Wildman–Crippen MR) is 137 cm³/mol. The Morgan fingerprint density at radius 3 is 2.83 bits per heavy atom. The van der Waals surface area contributed by atoms with Crippen molar-refractivity contribution in [3.63, 3.8) is 0 Å². The zero-order chi connectivity index (χ0) is 24.1. The van der Waals surface area contributed by atoms with Crippen molar-refractivity contribution in [2.24, 2.45) is 5.92 Å². The molecule has 5 heterocycles. The number of hydrogen-bond acceptors (Lipinski definition) is 6. The third kappa shape index (κ3) is 3.71. The van der Waals surface area contributed by atoms with Crippen LogP contribution in [0.15, 0.2) is 41.9 Å². The summed E-state index contributed by atoms with van der Waals surface area (Å²) in [4.78, 5) is 32.6. The van der Waals surface area contributed by atoms with Crippen LogP contribution in [0.3, 0.4) is 0 Å². The average Bonchev–Trinajstić information content (AvgIpc) is 3.60. The van der Waals surface area contributed by atoms with E-state index in [1.807, 2.05) is 46.6 Å². The molecule has 1 saturated heterocycles.